The number of benzene rings is 2. The summed E-state index contributed by atoms with van der Waals surface area (Å²) in [5, 5.41) is 10.1. The number of Topliss-reactive ketones (excluding diaryl/α,β-unsaturated/α-hetero) is 1. The summed E-state index contributed by atoms with van der Waals surface area (Å²) in [6.07, 6.45) is 2.41. The number of furan rings is 1. The minimum absolute atomic E-state index is 0.0559. The standard InChI is InChI=1S/C20H19NO7S/c1-21(29(2,25)26)15-5-3-13(4-6-15)18(23)12-28-20(24)9-14-11-27-19-10-16(22)7-8-17(14)19/h3-8,10-11,22H,9,12H2,1-2H3. The van der Waals surface area contributed by atoms with Gasteiger partial charge in [0, 0.05) is 29.6 Å². The van der Waals surface area contributed by atoms with Crippen LogP contribution in [0.25, 0.3) is 11.0 Å². The van der Waals surface area contributed by atoms with Crippen molar-refractivity contribution in [3.63, 3.8) is 0 Å². The first kappa shape index (κ1) is 20.4. The van der Waals surface area contributed by atoms with Crippen molar-refractivity contribution in [2.45, 2.75) is 6.42 Å². The Morgan fingerprint density at radius 1 is 1.14 bits per heavy atom. The summed E-state index contributed by atoms with van der Waals surface area (Å²) in [5.74, 6) is -0.947. The third kappa shape index (κ3) is 4.75. The van der Waals surface area contributed by atoms with E-state index in [4.69, 9.17) is 9.15 Å². The Labute approximate surface area is 167 Å². The molecule has 0 unspecified atom stereocenters. The van der Waals surface area contributed by atoms with Crippen LogP contribution in [-0.4, -0.2) is 45.2 Å². The third-order valence-corrected chi connectivity index (χ3v) is 5.59. The van der Waals surface area contributed by atoms with Crippen molar-refractivity contribution in [1.82, 2.24) is 0 Å². The van der Waals surface area contributed by atoms with Gasteiger partial charge in [0.1, 0.15) is 11.3 Å². The van der Waals surface area contributed by atoms with Gasteiger partial charge in [-0.05, 0) is 36.4 Å². The zero-order valence-electron chi connectivity index (χ0n) is 15.8. The predicted molar refractivity (Wildman–Crippen MR) is 107 cm³/mol. The van der Waals surface area contributed by atoms with Crippen molar-refractivity contribution in [3.05, 3.63) is 59.9 Å². The molecule has 0 amide bonds. The van der Waals surface area contributed by atoms with Crippen molar-refractivity contribution < 1.29 is 32.3 Å². The third-order valence-electron chi connectivity index (χ3n) is 4.39. The number of nitrogens with zero attached hydrogens (tertiary/aromatic N) is 1. The number of phenolic OH excluding ortho intramolecular Hbond substituents is 1. The Kier molecular flexibility index (Phi) is 5.60. The molecule has 0 aliphatic rings. The highest BCUT2D eigenvalue weighted by molar-refractivity contribution is 7.92. The molecule has 0 bridgehead atoms. The zero-order valence-corrected chi connectivity index (χ0v) is 16.6. The second-order valence-electron chi connectivity index (χ2n) is 6.48. The van der Waals surface area contributed by atoms with Gasteiger partial charge in [0.05, 0.1) is 24.6 Å². The van der Waals surface area contributed by atoms with E-state index in [9.17, 15) is 23.1 Å². The Hall–Kier alpha value is -3.33. The SMILES string of the molecule is CN(c1ccc(C(=O)COC(=O)Cc2coc3cc(O)ccc23)cc1)S(C)(=O)=O. The molecule has 29 heavy (non-hydrogen) atoms. The molecule has 3 aromatic rings. The fraction of sp³-hybridized carbons (Fsp3) is 0.200. The van der Waals surface area contributed by atoms with Gasteiger partial charge in [-0.2, -0.15) is 0 Å². The number of ketones is 1. The summed E-state index contributed by atoms with van der Waals surface area (Å²) in [6.45, 7) is -0.434. The highest BCUT2D eigenvalue weighted by atomic mass is 32.2. The molecule has 0 atom stereocenters. The number of phenols is 1. The molecular weight excluding hydrogens is 398 g/mol. The Morgan fingerprint density at radius 3 is 2.48 bits per heavy atom. The summed E-state index contributed by atoms with van der Waals surface area (Å²) in [7, 11) is -1.98. The maximum atomic E-state index is 12.2. The van der Waals surface area contributed by atoms with Gasteiger partial charge in [-0.15, -0.1) is 0 Å². The van der Waals surface area contributed by atoms with Crippen LogP contribution in [0.15, 0.2) is 53.1 Å². The summed E-state index contributed by atoms with van der Waals surface area (Å²) < 4.78 is 34.5. The first-order chi connectivity index (χ1) is 13.6. The molecule has 1 heterocycles. The van der Waals surface area contributed by atoms with Crippen LogP contribution in [0.3, 0.4) is 0 Å². The molecule has 1 aromatic heterocycles. The highest BCUT2D eigenvalue weighted by Gasteiger charge is 2.16. The Bertz CT molecular complexity index is 1160. The number of anilines is 1. The lowest BCUT2D eigenvalue weighted by atomic mass is 10.1. The average Bonchev–Trinajstić information content (AvgIpc) is 3.06. The fourth-order valence-corrected chi connectivity index (χ4v) is 3.20. The summed E-state index contributed by atoms with van der Waals surface area (Å²) >= 11 is 0. The largest absolute Gasteiger partial charge is 0.508 e. The van der Waals surface area contributed by atoms with Crippen LogP contribution >= 0.6 is 0 Å². The smallest absolute Gasteiger partial charge is 0.310 e. The first-order valence-electron chi connectivity index (χ1n) is 8.57. The second kappa shape index (κ2) is 7.96. The monoisotopic (exact) mass is 417 g/mol. The molecule has 0 aliphatic carbocycles. The van der Waals surface area contributed by atoms with Crippen LogP contribution in [-0.2, 0) is 26.0 Å². The molecule has 2 aromatic carbocycles. The van der Waals surface area contributed by atoms with Crippen LogP contribution in [0.1, 0.15) is 15.9 Å². The number of rotatable bonds is 7. The van der Waals surface area contributed by atoms with E-state index in [1.807, 2.05) is 0 Å². The Balaban J connectivity index is 1.59. The number of hydrogen-bond acceptors (Lipinski definition) is 7. The van der Waals surface area contributed by atoms with E-state index in [0.29, 0.717) is 27.8 Å². The van der Waals surface area contributed by atoms with Crippen molar-refractivity contribution in [1.29, 1.82) is 0 Å². The van der Waals surface area contributed by atoms with Crippen molar-refractivity contribution in [3.8, 4) is 5.75 Å². The summed E-state index contributed by atoms with van der Waals surface area (Å²) in [5.41, 5.74) is 1.75. The van der Waals surface area contributed by atoms with Gasteiger partial charge in [-0.1, -0.05) is 0 Å². The van der Waals surface area contributed by atoms with E-state index >= 15 is 0 Å². The number of aromatic hydroxyl groups is 1. The molecule has 0 fully saturated rings. The van der Waals surface area contributed by atoms with E-state index in [-0.39, 0.29) is 12.2 Å². The highest BCUT2D eigenvalue weighted by Crippen LogP contribution is 2.25. The quantitative estimate of drug-likeness (QED) is 0.464. The van der Waals surface area contributed by atoms with E-state index in [1.165, 1.54) is 49.7 Å². The maximum absolute atomic E-state index is 12.2. The molecule has 1 N–H and O–H groups in total. The second-order valence-corrected chi connectivity index (χ2v) is 8.49. The van der Waals surface area contributed by atoms with E-state index in [1.54, 1.807) is 6.07 Å². The van der Waals surface area contributed by atoms with E-state index in [0.717, 1.165) is 10.6 Å². The van der Waals surface area contributed by atoms with Gasteiger partial charge >= 0.3 is 5.97 Å². The van der Waals surface area contributed by atoms with Crippen LogP contribution in [0.4, 0.5) is 5.69 Å². The normalized spacial score (nSPS) is 11.4. The van der Waals surface area contributed by atoms with Crippen LogP contribution < -0.4 is 4.31 Å². The van der Waals surface area contributed by atoms with Gasteiger partial charge < -0.3 is 14.3 Å². The zero-order chi connectivity index (χ0) is 21.2. The van der Waals surface area contributed by atoms with E-state index in [2.05, 4.69) is 0 Å². The number of ether oxygens (including phenoxy) is 1. The van der Waals surface area contributed by atoms with Crippen LogP contribution in [0.5, 0.6) is 5.75 Å². The lowest BCUT2D eigenvalue weighted by Gasteiger charge is -2.16. The lowest BCUT2D eigenvalue weighted by Crippen LogP contribution is -2.24. The molecule has 0 saturated heterocycles. The number of hydrogen-bond donors (Lipinski definition) is 1. The van der Waals surface area contributed by atoms with Gasteiger partial charge in [0.2, 0.25) is 10.0 Å². The summed E-state index contributed by atoms with van der Waals surface area (Å²) in [6, 6.07) is 10.5. The predicted octanol–water partition coefficient (Wildman–Crippen LogP) is 2.50. The molecule has 0 aliphatic heterocycles. The number of carbonyl (C=O) groups excluding carboxylic acids is 2. The maximum Gasteiger partial charge on any atom is 0.310 e. The van der Waals surface area contributed by atoms with E-state index < -0.39 is 28.4 Å². The topological polar surface area (TPSA) is 114 Å². The Morgan fingerprint density at radius 2 is 1.83 bits per heavy atom. The molecule has 0 radical (unpaired) electrons. The average molecular weight is 417 g/mol. The van der Waals surface area contributed by atoms with Crippen LogP contribution in [0, 0.1) is 0 Å². The molecule has 9 heteroatoms. The number of carbonyl (C=O) groups is 2. The molecule has 3 rings (SSSR count). The van der Waals surface area contributed by atoms with Crippen LogP contribution in [0.2, 0.25) is 0 Å². The number of esters is 1. The van der Waals surface area contributed by atoms with Gasteiger partial charge in [-0.3, -0.25) is 13.9 Å². The molecular formula is C20H19NO7S. The van der Waals surface area contributed by atoms with Gasteiger partial charge in [-0.25, -0.2) is 8.42 Å². The minimum Gasteiger partial charge on any atom is -0.508 e. The number of sulfonamides is 1. The molecule has 152 valence electrons. The molecule has 0 spiro atoms. The van der Waals surface area contributed by atoms with Crippen molar-refractivity contribution >= 4 is 38.4 Å². The van der Waals surface area contributed by atoms with Gasteiger partial charge in [0.15, 0.2) is 12.4 Å². The fourth-order valence-electron chi connectivity index (χ4n) is 2.69. The first-order valence-corrected chi connectivity index (χ1v) is 10.4. The molecule has 0 saturated carbocycles. The number of fused-ring (bicyclic) bond motifs is 1. The lowest BCUT2D eigenvalue weighted by molar-refractivity contribution is -0.141. The molecule has 8 nitrogen and oxygen atoms in total. The van der Waals surface area contributed by atoms with Gasteiger partial charge in [0.25, 0.3) is 0 Å². The minimum atomic E-state index is -3.40. The van der Waals surface area contributed by atoms with Crippen molar-refractivity contribution in [2.75, 3.05) is 24.2 Å². The summed E-state index contributed by atoms with van der Waals surface area (Å²) in [4.78, 5) is 24.3. The van der Waals surface area contributed by atoms with Crippen molar-refractivity contribution in [2.24, 2.45) is 0 Å².